The van der Waals surface area contributed by atoms with Crippen LogP contribution in [0, 0.1) is 0 Å². The van der Waals surface area contributed by atoms with E-state index in [1.54, 1.807) is 0 Å². The van der Waals surface area contributed by atoms with Gasteiger partial charge in [-0.25, -0.2) is 0 Å². The van der Waals surface area contributed by atoms with Crippen molar-refractivity contribution in [1.29, 1.82) is 0 Å². The lowest BCUT2D eigenvalue weighted by atomic mass is 9.99. The highest BCUT2D eigenvalue weighted by molar-refractivity contribution is 5.83. The summed E-state index contributed by atoms with van der Waals surface area (Å²) in [6.07, 6.45) is 1.51. The highest BCUT2D eigenvalue weighted by atomic mass is 16.2. The zero-order valence-electron chi connectivity index (χ0n) is 10.6. The summed E-state index contributed by atoms with van der Waals surface area (Å²) in [5.41, 5.74) is 8.87. The highest BCUT2D eigenvalue weighted by Crippen LogP contribution is 2.21. The fraction of sp³-hybridized carbons (Fsp3) is 0.429. The SMILES string of the molecule is CC(=O)CCC(=O)N1CCc2ccc(N)cc2C1. The monoisotopic (exact) mass is 246 g/mol. The van der Waals surface area contributed by atoms with Gasteiger partial charge in [-0.2, -0.15) is 0 Å². The normalized spacial score (nSPS) is 14.2. The van der Waals surface area contributed by atoms with Gasteiger partial charge < -0.3 is 15.4 Å². The minimum absolute atomic E-state index is 0.0540. The molecule has 0 fully saturated rings. The number of fused-ring (bicyclic) bond motifs is 1. The number of nitrogens with two attached hydrogens (primary N) is 1. The fourth-order valence-corrected chi connectivity index (χ4v) is 2.23. The number of Topliss-reactive ketones (excluding diaryl/α,β-unsaturated/α-hetero) is 1. The van der Waals surface area contributed by atoms with Crippen molar-refractivity contribution in [3.63, 3.8) is 0 Å². The predicted molar refractivity (Wildman–Crippen MR) is 69.9 cm³/mol. The largest absolute Gasteiger partial charge is 0.399 e. The summed E-state index contributed by atoms with van der Waals surface area (Å²) >= 11 is 0. The fourth-order valence-electron chi connectivity index (χ4n) is 2.23. The average Bonchev–Trinajstić information content (AvgIpc) is 2.34. The van der Waals surface area contributed by atoms with E-state index in [4.69, 9.17) is 5.73 Å². The first-order valence-corrected chi connectivity index (χ1v) is 6.21. The molecule has 1 aliphatic rings. The van der Waals surface area contributed by atoms with Crippen molar-refractivity contribution in [2.45, 2.75) is 32.7 Å². The third-order valence-electron chi connectivity index (χ3n) is 3.29. The smallest absolute Gasteiger partial charge is 0.223 e. The first-order chi connectivity index (χ1) is 8.56. The summed E-state index contributed by atoms with van der Waals surface area (Å²) in [7, 11) is 0. The van der Waals surface area contributed by atoms with Gasteiger partial charge in [-0.1, -0.05) is 6.07 Å². The number of hydrogen-bond donors (Lipinski definition) is 1. The van der Waals surface area contributed by atoms with Crippen LogP contribution in [-0.4, -0.2) is 23.1 Å². The Morgan fingerprint density at radius 3 is 2.78 bits per heavy atom. The lowest BCUT2D eigenvalue weighted by Crippen LogP contribution is -2.36. The molecule has 1 amide bonds. The van der Waals surface area contributed by atoms with Gasteiger partial charge in [0.15, 0.2) is 0 Å². The molecule has 1 heterocycles. The van der Waals surface area contributed by atoms with Crippen LogP contribution in [0.15, 0.2) is 18.2 Å². The van der Waals surface area contributed by atoms with Gasteiger partial charge in [-0.05, 0) is 36.6 Å². The zero-order chi connectivity index (χ0) is 13.1. The first kappa shape index (κ1) is 12.6. The number of benzene rings is 1. The van der Waals surface area contributed by atoms with E-state index in [1.807, 2.05) is 23.1 Å². The van der Waals surface area contributed by atoms with Crippen LogP contribution in [0.25, 0.3) is 0 Å². The summed E-state index contributed by atoms with van der Waals surface area (Å²) in [6, 6.07) is 5.86. The Bertz CT molecular complexity index is 483. The van der Waals surface area contributed by atoms with Gasteiger partial charge >= 0.3 is 0 Å². The molecule has 1 aliphatic heterocycles. The maximum absolute atomic E-state index is 11.9. The van der Waals surface area contributed by atoms with Crippen molar-refractivity contribution < 1.29 is 9.59 Å². The van der Waals surface area contributed by atoms with Crippen molar-refractivity contribution in [2.75, 3.05) is 12.3 Å². The minimum Gasteiger partial charge on any atom is -0.399 e. The molecule has 0 radical (unpaired) electrons. The molecule has 96 valence electrons. The molecule has 0 spiro atoms. The van der Waals surface area contributed by atoms with Gasteiger partial charge in [0.1, 0.15) is 5.78 Å². The maximum Gasteiger partial charge on any atom is 0.223 e. The van der Waals surface area contributed by atoms with E-state index in [9.17, 15) is 9.59 Å². The number of hydrogen-bond acceptors (Lipinski definition) is 3. The Kier molecular flexibility index (Phi) is 3.65. The van der Waals surface area contributed by atoms with E-state index in [0.29, 0.717) is 19.4 Å². The Hall–Kier alpha value is -1.84. The third kappa shape index (κ3) is 2.88. The van der Waals surface area contributed by atoms with Crippen molar-refractivity contribution >= 4 is 17.4 Å². The summed E-state index contributed by atoms with van der Waals surface area (Å²) in [5, 5.41) is 0. The Morgan fingerprint density at radius 2 is 2.06 bits per heavy atom. The molecule has 4 heteroatoms. The third-order valence-corrected chi connectivity index (χ3v) is 3.29. The molecule has 1 aromatic rings. The number of nitrogen functional groups attached to an aromatic ring is 1. The zero-order valence-corrected chi connectivity index (χ0v) is 10.6. The van der Waals surface area contributed by atoms with Crippen LogP contribution in [0.4, 0.5) is 5.69 Å². The Balaban J connectivity index is 2.02. The second kappa shape index (κ2) is 5.21. The molecular formula is C14H18N2O2. The van der Waals surface area contributed by atoms with Crippen molar-refractivity contribution in [2.24, 2.45) is 0 Å². The standard InChI is InChI=1S/C14H18N2O2/c1-10(17)2-5-14(18)16-7-6-11-3-4-13(15)8-12(11)9-16/h3-4,8H,2,5-7,9,15H2,1H3. The number of nitrogens with zero attached hydrogens (tertiary/aromatic N) is 1. The molecule has 0 saturated heterocycles. The molecule has 1 aromatic carbocycles. The predicted octanol–water partition coefficient (Wildman–Crippen LogP) is 1.52. The van der Waals surface area contributed by atoms with Crippen LogP contribution in [-0.2, 0) is 22.6 Å². The lowest BCUT2D eigenvalue weighted by Gasteiger charge is -2.29. The lowest BCUT2D eigenvalue weighted by molar-refractivity contribution is -0.133. The molecule has 0 saturated carbocycles. The molecule has 4 nitrogen and oxygen atoms in total. The molecule has 0 unspecified atom stereocenters. The van der Waals surface area contributed by atoms with Crippen molar-refractivity contribution in [1.82, 2.24) is 4.90 Å². The van der Waals surface area contributed by atoms with Crippen LogP contribution in [0.3, 0.4) is 0 Å². The molecule has 2 rings (SSSR count). The molecule has 0 aliphatic carbocycles. The van der Waals surface area contributed by atoms with E-state index in [0.717, 1.165) is 24.2 Å². The van der Waals surface area contributed by atoms with Crippen LogP contribution in [0.2, 0.25) is 0 Å². The topological polar surface area (TPSA) is 63.4 Å². The maximum atomic E-state index is 11.9. The number of anilines is 1. The second-order valence-electron chi connectivity index (χ2n) is 4.80. The quantitative estimate of drug-likeness (QED) is 0.822. The van der Waals surface area contributed by atoms with E-state index < -0.39 is 0 Å². The average molecular weight is 246 g/mol. The van der Waals surface area contributed by atoms with Crippen molar-refractivity contribution in [3.8, 4) is 0 Å². The van der Waals surface area contributed by atoms with Gasteiger partial charge in [0.25, 0.3) is 0 Å². The number of carbonyl (C=O) groups is 2. The number of carbonyl (C=O) groups excluding carboxylic acids is 2. The molecule has 0 bridgehead atoms. The highest BCUT2D eigenvalue weighted by Gasteiger charge is 2.20. The molecule has 0 aromatic heterocycles. The van der Waals surface area contributed by atoms with Crippen LogP contribution < -0.4 is 5.73 Å². The summed E-state index contributed by atoms with van der Waals surface area (Å²) in [4.78, 5) is 24.6. The molecule has 0 atom stereocenters. The van der Waals surface area contributed by atoms with Gasteiger partial charge in [0.2, 0.25) is 5.91 Å². The minimum atomic E-state index is 0.0540. The molecule has 2 N–H and O–H groups in total. The van der Waals surface area contributed by atoms with Crippen LogP contribution >= 0.6 is 0 Å². The summed E-state index contributed by atoms with van der Waals surface area (Å²) in [5.74, 6) is 0.114. The van der Waals surface area contributed by atoms with Gasteiger partial charge in [0, 0.05) is 31.6 Å². The first-order valence-electron chi connectivity index (χ1n) is 6.21. The van der Waals surface area contributed by atoms with E-state index in [-0.39, 0.29) is 11.7 Å². The van der Waals surface area contributed by atoms with Crippen molar-refractivity contribution in [3.05, 3.63) is 29.3 Å². The number of ketones is 1. The number of amides is 1. The van der Waals surface area contributed by atoms with E-state index in [2.05, 4.69) is 0 Å². The van der Waals surface area contributed by atoms with E-state index in [1.165, 1.54) is 12.5 Å². The Labute approximate surface area is 107 Å². The van der Waals surface area contributed by atoms with Gasteiger partial charge in [-0.15, -0.1) is 0 Å². The van der Waals surface area contributed by atoms with Crippen LogP contribution in [0.1, 0.15) is 30.9 Å². The molecule has 18 heavy (non-hydrogen) atoms. The summed E-state index contributed by atoms with van der Waals surface area (Å²) < 4.78 is 0. The number of rotatable bonds is 3. The van der Waals surface area contributed by atoms with Gasteiger partial charge in [-0.3, -0.25) is 4.79 Å². The van der Waals surface area contributed by atoms with Gasteiger partial charge in [0.05, 0.1) is 0 Å². The Morgan fingerprint density at radius 1 is 1.28 bits per heavy atom. The van der Waals surface area contributed by atoms with E-state index >= 15 is 0 Å². The molecular weight excluding hydrogens is 228 g/mol. The van der Waals surface area contributed by atoms with Crippen LogP contribution in [0.5, 0.6) is 0 Å². The second-order valence-corrected chi connectivity index (χ2v) is 4.80. The summed E-state index contributed by atoms with van der Waals surface area (Å²) in [6.45, 7) is 2.85.